The minimum Gasteiger partial charge on any atom is -0.308 e. The van der Waals surface area contributed by atoms with E-state index in [0.29, 0.717) is 0 Å². The predicted octanol–water partition coefficient (Wildman–Crippen LogP) is 3.38. The number of benzene rings is 1. The number of pyridine rings is 1. The molecule has 0 aliphatic rings. The van der Waals surface area contributed by atoms with Crippen molar-refractivity contribution in [2.45, 2.75) is 39.5 Å². The summed E-state index contributed by atoms with van der Waals surface area (Å²) >= 11 is 0. The lowest BCUT2D eigenvalue weighted by Crippen LogP contribution is -2.12. The Morgan fingerprint density at radius 1 is 1.22 bits per heavy atom. The normalized spacial score (nSPS) is 11.8. The van der Waals surface area contributed by atoms with Crippen molar-refractivity contribution in [1.82, 2.24) is 4.98 Å². The number of rotatable bonds is 2. The molecule has 1 heterocycles. The van der Waals surface area contributed by atoms with Gasteiger partial charge < -0.3 is 5.43 Å². The average Bonchev–Trinajstić information content (AvgIpc) is 2.35. The van der Waals surface area contributed by atoms with E-state index < -0.39 is 0 Å². The number of hydrogen-bond acceptors (Lipinski definition) is 3. The SMILES string of the molecule is CCc1cc2cc(C(C)(C)C)ccc2nc1NN. The first-order chi connectivity index (χ1) is 8.45. The summed E-state index contributed by atoms with van der Waals surface area (Å²) in [6, 6.07) is 8.60. The molecule has 3 N–H and O–H groups in total. The highest BCUT2D eigenvalue weighted by atomic mass is 15.2. The van der Waals surface area contributed by atoms with Crippen LogP contribution in [0.4, 0.5) is 5.82 Å². The number of nitrogens with two attached hydrogens (primary N) is 1. The largest absolute Gasteiger partial charge is 0.308 e. The number of nitrogen functional groups attached to an aromatic ring is 1. The summed E-state index contributed by atoms with van der Waals surface area (Å²) in [4.78, 5) is 4.55. The number of fused-ring (bicyclic) bond motifs is 1. The van der Waals surface area contributed by atoms with Crippen LogP contribution in [0.25, 0.3) is 10.9 Å². The maximum Gasteiger partial charge on any atom is 0.143 e. The first-order valence-corrected chi connectivity index (χ1v) is 6.36. The van der Waals surface area contributed by atoms with Gasteiger partial charge in [0.1, 0.15) is 5.82 Å². The molecule has 0 saturated carbocycles. The van der Waals surface area contributed by atoms with Gasteiger partial charge in [0.05, 0.1) is 5.52 Å². The van der Waals surface area contributed by atoms with Crippen LogP contribution in [-0.2, 0) is 11.8 Å². The van der Waals surface area contributed by atoms with E-state index in [1.165, 1.54) is 10.9 Å². The minimum atomic E-state index is 0.158. The van der Waals surface area contributed by atoms with Crippen molar-refractivity contribution in [3.05, 3.63) is 35.4 Å². The molecule has 0 unspecified atom stereocenters. The third-order valence-electron chi connectivity index (χ3n) is 3.28. The summed E-state index contributed by atoms with van der Waals surface area (Å²) in [5.41, 5.74) is 6.29. The molecule has 0 amide bonds. The molecule has 0 aliphatic carbocycles. The third-order valence-corrected chi connectivity index (χ3v) is 3.28. The van der Waals surface area contributed by atoms with Crippen molar-refractivity contribution >= 4 is 16.7 Å². The van der Waals surface area contributed by atoms with Gasteiger partial charge in [-0.05, 0) is 41.2 Å². The molecule has 3 nitrogen and oxygen atoms in total. The molecule has 3 heteroatoms. The van der Waals surface area contributed by atoms with Crippen molar-refractivity contribution in [2.75, 3.05) is 5.43 Å². The number of hydrogen-bond donors (Lipinski definition) is 2. The molecule has 1 aromatic heterocycles. The summed E-state index contributed by atoms with van der Waals surface area (Å²) in [5, 5.41) is 1.18. The van der Waals surface area contributed by atoms with Crippen LogP contribution < -0.4 is 11.3 Å². The highest BCUT2D eigenvalue weighted by Crippen LogP contribution is 2.27. The highest BCUT2D eigenvalue weighted by molar-refractivity contribution is 5.82. The number of hydrazine groups is 1. The van der Waals surface area contributed by atoms with Gasteiger partial charge in [-0.2, -0.15) is 0 Å². The zero-order chi connectivity index (χ0) is 13.3. The number of aromatic nitrogens is 1. The minimum absolute atomic E-state index is 0.158. The van der Waals surface area contributed by atoms with Crippen LogP contribution in [0.2, 0.25) is 0 Å². The number of nitrogens with one attached hydrogen (secondary N) is 1. The summed E-state index contributed by atoms with van der Waals surface area (Å²) in [5.74, 6) is 6.28. The quantitative estimate of drug-likeness (QED) is 0.628. The molecule has 0 spiro atoms. The summed E-state index contributed by atoms with van der Waals surface area (Å²) in [7, 11) is 0. The van der Waals surface area contributed by atoms with E-state index in [-0.39, 0.29) is 5.41 Å². The van der Waals surface area contributed by atoms with E-state index in [0.717, 1.165) is 23.3 Å². The average molecular weight is 243 g/mol. The molecular weight excluding hydrogens is 222 g/mol. The van der Waals surface area contributed by atoms with Gasteiger partial charge in [-0.3, -0.25) is 0 Å². The zero-order valence-corrected chi connectivity index (χ0v) is 11.5. The topological polar surface area (TPSA) is 50.9 Å². The van der Waals surface area contributed by atoms with Crippen LogP contribution >= 0.6 is 0 Å². The van der Waals surface area contributed by atoms with E-state index in [1.54, 1.807) is 0 Å². The first-order valence-electron chi connectivity index (χ1n) is 6.36. The maximum absolute atomic E-state index is 5.50. The molecular formula is C15H21N3. The van der Waals surface area contributed by atoms with Crippen LogP contribution in [0.5, 0.6) is 0 Å². The van der Waals surface area contributed by atoms with Gasteiger partial charge in [-0.15, -0.1) is 0 Å². The van der Waals surface area contributed by atoms with Gasteiger partial charge in [-0.25, -0.2) is 10.8 Å². The second-order valence-corrected chi connectivity index (χ2v) is 5.65. The molecule has 1 aromatic carbocycles. The summed E-state index contributed by atoms with van der Waals surface area (Å²) in [6.07, 6.45) is 0.919. The first kappa shape index (κ1) is 12.8. The molecule has 96 valence electrons. The molecule has 0 radical (unpaired) electrons. The Balaban J connectivity index is 2.63. The molecule has 18 heavy (non-hydrogen) atoms. The lowest BCUT2D eigenvalue weighted by molar-refractivity contribution is 0.591. The van der Waals surface area contributed by atoms with Gasteiger partial charge >= 0.3 is 0 Å². The van der Waals surface area contributed by atoms with Crippen molar-refractivity contribution in [1.29, 1.82) is 0 Å². The van der Waals surface area contributed by atoms with Crippen molar-refractivity contribution in [3.63, 3.8) is 0 Å². The van der Waals surface area contributed by atoms with Gasteiger partial charge in [0, 0.05) is 5.39 Å². The van der Waals surface area contributed by atoms with Crippen LogP contribution in [0, 0.1) is 0 Å². The molecule has 0 atom stereocenters. The fourth-order valence-corrected chi connectivity index (χ4v) is 2.08. The maximum atomic E-state index is 5.50. The van der Waals surface area contributed by atoms with Gasteiger partial charge in [-0.1, -0.05) is 33.8 Å². The molecule has 0 aliphatic heterocycles. The Labute approximate surface area is 108 Å². The predicted molar refractivity (Wildman–Crippen MR) is 77.6 cm³/mol. The van der Waals surface area contributed by atoms with E-state index in [1.807, 2.05) is 0 Å². The van der Waals surface area contributed by atoms with Crippen LogP contribution in [0.1, 0.15) is 38.8 Å². The van der Waals surface area contributed by atoms with Crippen LogP contribution in [-0.4, -0.2) is 4.98 Å². The van der Waals surface area contributed by atoms with Crippen molar-refractivity contribution < 1.29 is 0 Å². The van der Waals surface area contributed by atoms with Crippen molar-refractivity contribution in [2.24, 2.45) is 5.84 Å². The summed E-state index contributed by atoms with van der Waals surface area (Å²) < 4.78 is 0. The van der Waals surface area contributed by atoms with E-state index in [4.69, 9.17) is 5.84 Å². The third kappa shape index (κ3) is 2.31. The lowest BCUT2D eigenvalue weighted by atomic mass is 9.86. The molecule has 2 aromatic rings. The second kappa shape index (κ2) is 4.58. The van der Waals surface area contributed by atoms with Crippen LogP contribution in [0.3, 0.4) is 0 Å². The Bertz CT molecular complexity index is 568. The van der Waals surface area contributed by atoms with Gasteiger partial charge in [0.2, 0.25) is 0 Å². The Kier molecular flexibility index (Phi) is 3.26. The van der Waals surface area contributed by atoms with E-state index in [2.05, 4.69) is 62.4 Å². The van der Waals surface area contributed by atoms with Crippen molar-refractivity contribution in [3.8, 4) is 0 Å². The highest BCUT2D eigenvalue weighted by Gasteiger charge is 2.14. The number of aryl methyl sites for hydroxylation is 1. The lowest BCUT2D eigenvalue weighted by Gasteiger charge is -2.19. The van der Waals surface area contributed by atoms with Crippen LogP contribution in [0.15, 0.2) is 24.3 Å². The summed E-state index contributed by atoms with van der Waals surface area (Å²) in [6.45, 7) is 8.77. The standard InChI is InChI=1S/C15H21N3/c1-5-10-8-11-9-12(15(2,3)4)6-7-13(11)17-14(10)18-16/h6-9H,5,16H2,1-4H3,(H,17,18). The number of nitrogens with zero attached hydrogens (tertiary/aromatic N) is 1. The fourth-order valence-electron chi connectivity index (χ4n) is 2.08. The van der Waals surface area contributed by atoms with Gasteiger partial charge in [0.25, 0.3) is 0 Å². The smallest absolute Gasteiger partial charge is 0.143 e. The van der Waals surface area contributed by atoms with E-state index in [9.17, 15) is 0 Å². The molecule has 0 fully saturated rings. The Morgan fingerprint density at radius 3 is 2.50 bits per heavy atom. The molecule has 0 saturated heterocycles. The monoisotopic (exact) mass is 243 g/mol. The Hall–Kier alpha value is -1.61. The number of anilines is 1. The van der Waals surface area contributed by atoms with E-state index >= 15 is 0 Å². The second-order valence-electron chi connectivity index (χ2n) is 5.65. The molecule has 2 rings (SSSR count). The molecule has 0 bridgehead atoms. The fraction of sp³-hybridized carbons (Fsp3) is 0.400. The zero-order valence-electron chi connectivity index (χ0n) is 11.5. The Morgan fingerprint density at radius 2 is 1.94 bits per heavy atom. The van der Waals surface area contributed by atoms with Gasteiger partial charge in [0.15, 0.2) is 0 Å².